The molecule has 3 rings (SSSR count). The first-order valence-corrected chi connectivity index (χ1v) is 11.6. The van der Waals surface area contributed by atoms with Gasteiger partial charge in [-0.1, -0.05) is 30.3 Å². The van der Waals surface area contributed by atoms with Crippen LogP contribution in [-0.4, -0.2) is 36.6 Å². The smallest absolute Gasteiger partial charge is 0.223 e. The largest absolute Gasteiger partial charge is 0.356 e. The summed E-state index contributed by atoms with van der Waals surface area (Å²) in [5.74, 6) is 1.42. The maximum Gasteiger partial charge on any atom is 0.223 e. The molecular formula is C23H30FIN4OS. The summed E-state index contributed by atoms with van der Waals surface area (Å²) in [4.78, 5) is 18.6. The number of guanidine groups is 1. The zero-order valence-electron chi connectivity index (χ0n) is 18.0. The topological polar surface area (TPSA) is 56.7 Å². The number of nitrogens with one attached hydrogen (secondary N) is 2. The Hall–Kier alpha value is -1.81. The standard InChI is InChI=1S/C23H29FN4OS.HI/c1-25-23(27-13-17-9-10-21(24)12-20(17)16-30-2)26-11-5-8-22(29)28-14-18-6-3-4-7-19(18)15-28;/h3-4,6-7,9-10,12H,5,8,11,13-16H2,1-2H3,(H2,25,26,27);1H. The molecule has 31 heavy (non-hydrogen) atoms. The Bertz CT molecular complexity index is 884. The highest BCUT2D eigenvalue weighted by Gasteiger charge is 2.22. The monoisotopic (exact) mass is 556 g/mol. The molecule has 0 aliphatic carbocycles. The third-order valence-corrected chi connectivity index (χ3v) is 5.79. The second-order valence-electron chi connectivity index (χ2n) is 7.32. The Kier molecular flexibility index (Phi) is 10.6. The van der Waals surface area contributed by atoms with Gasteiger partial charge in [0.05, 0.1) is 0 Å². The summed E-state index contributed by atoms with van der Waals surface area (Å²) in [5.41, 5.74) is 4.53. The van der Waals surface area contributed by atoms with Gasteiger partial charge in [-0.15, -0.1) is 24.0 Å². The summed E-state index contributed by atoms with van der Waals surface area (Å²) in [6.07, 6.45) is 3.25. The highest BCUT2D eigenvalue weighted by molar-refractivity contribution is 14.0. The molecule has 1 aliphatic heterocycles. The lowest BCUT2D eigenvalue weighted by molar-refractivity contribution is -0.131. The van der Waals surface area contributed by atoms with Gasteiger partial charge in [-0.3, -0.25) is 9.79 Å². The van der Waals surface area contributed by atoms with Crippen molar-refractivity contribution in [1.82, 2.24) is 15.5 Å². The van der Waals surface area contributed by atoms with Gasteiger partial charge in [0.2, 0.25) is 5.91 Å². The predicted octanol–water partition coefficient (Wildman–Crippen LogP) is 4.29. The number of benzene rings is 2. The first-order valence-electron chi connectivity index (χ1n) is 10.2. The maximum absolute atomic E-state index is 13.5. The van der Waals surface area contributed by atoms with Crippen molar-refractivity contribution in [3.63, 3.8) is 0 Å². The van der Waals surface area contributed by atoms with Gasteiger partial charge in [0.25, 0.3) is 0 Å². The number of aliphatic imine (C=N–C) groups is 1. The second-order valence-corrected chi connectivity index (χ2v) is 8.19. The fourth-order valence-corrected chi connectivity index (χ4v) is 4.15. The number of hydrogen-bond donors (Lipinski definition) is 2. The SMILES string of the molecule is CN=C(NCCCC(=O)N1Cc2ccccc2C1)NCc1ccc(F)cc1CSC.I. The van der Waals surface area contributed by atoms with Crippen molar-refractivity contribution in [3.8, 4) is 0 Å². The van der Waals surface area contributed by atoms with Crippen LogP contribution in [0.15, 0.2) is 47.5 Å². The molecule has 2 N–H and O–H groups in total. The Balaban J connectivity index is 0.00000341. The van der Waals surface area contributed by atoms with E-state index in [2.05, 4.69) is 27.8 Å². The van der Waals surface area contributed by atoms with Crippen molar-refractivity contribution in [2.45, 2.75) is 38.2 Å². The van der Waals surface area contributed by atoms with E-state index in [4.69, 9.17) is 0 Å². The van der Waals surface area contributed by atoms with E-state index in [1.54, 1.807) is 24.9 Å². The van der Waals surface area contributed by atoms with E-state index < -0.39 is 0 Å². The highest BCUT2D eigenvalue weighted by Crippen LogP contribution is 2.23. The lowest BCUT2D eigenvalue weighted by Crippen LogP contribution is -2.38. The van der Waals surface area contributed by atoms with Crippen molar-refractivity contribution in [3.05, 3.63) is 70.5 Å². The Morgan fingerprint density at radius 2 is 1.84 bits per heavy atom. The van der Waals surface area contributed by atoms with E-state index in [1.807, 2.05) is 29.4 Å². The summed E-state index contributed by atoms with van der Waals surface area (Å²) < 4.78 is 13.5. The molecule has 1 amide bonds. The lowest BCUT2D eigenvalue weighted by atomic mass is 10.1. The van der Waals surface area contributed by atoms with Crippen LogP contribution in [0.25, 0.3) is 0 Å². The molecule has 1 heterocycles. The van der Waals surface area contributed by atoms with E-state index in [-0.39, 0.29) is 35.7 Å². The zero-order valence-corrected chi connectivity index (χ0v) is 21.1. The van der Waals surface area contributed by atoms with Gasteiger partial charge >= 0.3 is 0 Å². The number of fused-ring (bicyclic) bond motifs is 1. The van der Waals surface area contributed by atoms with Gasteiger partial charge in [0.1, 0.15) is 5.82 Å². The van der Waals surface area contributed by atoms with E-state index in [1.165, 1.54) is 17.2 Å². The van der Waals surface area contributed by atoms with Gasteiger partial charge in [0.15, 0.2) is 5.96 Å². The molecule has 0 unspecified atom stereocenters. The Labute approximate surface area is 205 Å². The molecule has 0 saturated carbocycles. The van der Waals surface area contributed by atoms with Gasteiger partial charge in [-0.05, 0) is 47.1 Å². The molecule has 0 bridgehead atoms. The van der Waals surface area contributed by atoms with Crippen molar-refractivity contribution in [2.75, 3.05) is 19.8 Å². The number of carbonyl (C=O) groups excluding carboxylic acids is 1. The van der Waals surface area contributed by atoms with Crippen molar-refractivity contribution < 1.29 is 9.18 Å². The summed E-state index contributed by atoms with van der Waals surface area (Å²) in [5, 5.41) is 6.53. The number of nitrogens with zero attached hydrogens (tertiary/aromatic N) is 2. The molecular weight excluding hydrogens is 526 g/mol. The number of hydrogen-bond acceptors (Lipinski definition) is 3. The van der Waals surface area contributed by atoms with Crippen LogP contribution in [-0.2, 0) is 30.2 Å². The third-order valence-electron chi connectivity index (χ3n) is 5.19. The number of carbonyl (C=O) groups is 1. The van der Waals surface area contributed by atoms with Crippen LogP contribution in [0.3, 0.4) is 0 Å². The average Bonchev–Trinajstić information content (AvgIpc) is 3.19. The van der Waals surface area contributed by atoms with Crippen LogP contribution < -0.4 is 10.6 Å². The lowest BCUT2D eigenvalue weighted by Gasteiger charge is -2.16. The third kappa shape index (κ3) is 7.38. The fraction of sp³-hybridized carbons (Fsp3) is 0.391. The molecule has 2 aromatic carbocycles. The van der Waals surface area contributed by atoms with Crippen LogP contribution in [0.4, 0.5) is 4.39 Å². The zero-order chi connectivity index (χ0) is 21.3. The van der Waals surface area contributed by atoms with Crippen LogP contribution in [0.2, 0.25) is 0 Å². The van der Waals surface area contributed by atoms with Gasteiger partial charge in [0, 0.05) is 45.4 Å². The molecule has 2 aromatic rings. The first kappa shape index (κ1) is 25.5. The van der Waals surface area contributed by atoms with Gasteiger partial charge < -0.3 is 15.5 Å². The number of amides is 1. The minimum absolute atomic E-state index is 0. The number of rotatable bonds is 8. The van der Waals surface area contributed by atoms with E-state index in [0.717, 1.165) is 23.3 Å². The maximum atomic E-state index is 13.5. The van der Waals surface area contributed by atoms with Crippen molar-refractivity contribution >= 4 is 47.6 Å². The predicted molar refractivity (Wildman–Crippen MR) is 137 cm³/mol. The molecule has 0 aromatic heterocycles. The Morgan fingerprint density at radius 3 is 2.48 bits per heavy atom. The minimum Gasteiger partial charge on any atom is -0.356 e. The first-order chi connectivity index (χ1) is 14.6. The summed E-state index contributed by atoms with van der Waals surface area (Å²) in [6.45, 7) is 2.65. The van der Waals surface area contributed by atoms with Crippen LogP contribution in [0.1, 0.15) is 35.1 Å². The molecule has 0 atom stereocenters. The van der Waals surface area contributed by atoms with E-state index in [0.29, 0.717) is 38.6 Å². The minimum atomic E-state index is -0.212. The van der Waals surface area contributed by atoms with Crippen molar-refractivity contribution in [1.29, 1.82) is 0 Å². The molecule has 168 valence electrons. The quantitative estimate of drug-likeness (QED) is 0.221. The fourth-order valence-electron chi connectivity index (χ4n) is 3.57. The van der Waals surface area contributed by atoms with Gasteiger partial charge in [-0.2, -0.15) is 11.8 Å². The molecule has 0 radical (unpaired) electrons. The molecule has 0 spiro atoms. The Morgan fingerprint density at radius 1 is 1.13 bits per heavy atom. The number of halogens is 2. The molecule has 8 heteroatoms. The summed E-state index contributed by atoms with van der Waals surface area (Å²) in [7, 11) is 1.72. The van der Waals surface area contributed by atoms with Crippen LogP contribution >= 0.6 is 35.7 Å². The summed E-state index contributed by atoms with van der Waals surface area (Å²) in [6, 6.07) is 13.1. The van der Waals surface area contributed by atoms with Crippen molar-refractivity contribution in [2.24, 2.45) is 4.99 Å². The molecule has 1 aliphatic rings. The van der Waals surface area contributed by atoms with Gasteiger partial charge in [-0.25, -0.2) is 4.39 Å². The molecule has 0 fully saturated rings. The number of thioether (sulfide) groups is 1. The highest BCUT2D eigenvalue weighted by atomic mass is 127. The van der Waals surface area contributed by atoms with E-state index >= 15 is 0 Å². The molecule has 5 nitrogen and oxygen atoms in total. The van der Waals surface area contributed by atoms with Crippen LogP contribution in [0, 0.1) is 5.82 Å². The van der Waals surface area contributed by atoms with E-state index in [9.17, 15) is 9.18 Å². The molecule has 0 saturated heterocycles. The average molecular weight is 556 g/mol. The normalized spacial score (nSPS) is 12.9. The second kappa shape index (κ2) is 12.9. The van der Waals surface area contributed by atoms with Crippen LogP contribution in [0.5, 0.6) is 0 Å². The summed E-state index contributed by atoms with van der Waals surface area (Å²) >= 11 is 1.67.